The van der Waals surface area contributed by atoms with Crippen molar-refractivity contribution in [1.29, 1.82) is 5.26 Å². The third kappa shape index (κ3) is 6.11. The van der Waals surface area contributed by atoms with Crippen LogP contribution in [0.2, 0.25) is 0 Å². The van der Waals surface area contributed by atoms with Crippen molar-refractivity contribution in [2.75, 3.05) is 23.1 Å². The number of aromatic carboxylic acids is 1. The van der Waals surface area contributed by atoms with Gasteiger partial charge in [-0.25, -0.2) is 4.79 Å². The maximum atomic E-state index is 13.7. The van der Waals surface area contributed by atoms with Crippen LogP contribution >= 0.6 is 23.1 Å². The molecule has 43 heavy (non-hydrogen) atoms. The highest BCUT2D eigenvalue weighted by Gasteiger charge is 2.45. The summed E-state index contributed by atoms with van der Waals surface area (Å²) in [5.74, 6) is -1.25. The molecule has 0 saturated heterocycles. The van der Waals surface area contributed by atoms with Crippen LogP contribution in [0.3, 0.4) is 0 Å². The lowest BCUT2D eigenvalue weighted by atomic mass is 9.68. The number of aromatic nitrogens is 2. The number of nitriles is 1. The second-order valence-electron chi connectivity index (χ2n) is 10.8. The minimum Gasteiger partial charge on any atom is -0.497 e. The minimum atomic E-state index is -1.05. The number of thioether (sulfide) groups is 1. The molecule has 1 aliphatic heterocycles. The number of hydrogen-bond donors (Lipinski definition) is 3. The standard InChI is InChI=1S/C30H28N6O5S2/c1-30(2)12-21-25(22(37)13-30)24(17-5-4-6-19(11-17)41-3)20(14-31)26(32)36(21)28-34-35-29(43-28)42-15-23(38)33-18-9-7-16(8-10-18)27(39)40/h4-11,24H,12-13,15,32H2,1-3H3,(H,33,38)(H,39,40). The summed E-state index contributed by atoms with van der Waals surface area (Å²) in [4.78, 5) is 39.0. The van der Waals surface area contributed by atoms with Crippen LogP contribution in [-0.2, 0) is 9.59 Å². The predicted molar refractivity (Wildman–Crippen MR) is 163 cm³/mol. The summed E-state index contributed by atoms with van der Waals surface area (Å²) in [5.41, 5.74) is 9.09. The second kappa shape index (κ2) is 11.9. The summed E-state index contributed by atoms with van der Waals surface area (Å²) in [5, 5.41) is 31.0. The van der Waals surface area contributed by atoms with E-state index in [-0.39, 0.29) is 39.8 Å². The van der Waals surface area contributed by atoms with Crippen LogP contribution < -0.4 is 20.7 Å². The van der Waals surface area contributed by atoms with Gasteiger partial charge in [-0.05, 0) is 53.8 Å². The molecule has 1 aliphatic carbocycles. The van der Waals surface area contributed by atoms with Gasteiger partial charge in [-0.15, -0.1) is 10.2 Å². The van der Waals surface area contributed by atoms with Crippen LogP contribution in [0.25, 0.3) is 0 Å². The van der Waals surface area contributed by atoms with Crippen LogP contribution in [-0.4, -0.2) is 45.8 Å². The topological polar surface area (TPSA) is 172 Å². The normalized spacial score (nSPS) is 17.8. The van der Waals surface area contributed by atoms with Gasteiger partial charge in [0.1, 0.15) is 11.6 Å². The number of benzene rings is 2. The number of carboxylic acid groups (broad SMARTS) is 1. The first-order valence-electron chi connectivity index (χ1n) is 13.2. The van der Waals surface area contributed by atoms with Crippen molar-refractivity contribution in [2.45, 2.75) is 36.9 Å². The number of ketones is 1. The molecule has 0 bridgehead atoms. The van der Waals surface area contributed by atoms with Crippen molar-refractivity contribution in [3.05, 3.63) is 82.3 Å². The van der Waals surface area contributed by atoms with Crippen molar-refractivity contribution < 1.29 is 24.2 Å². The molecule has 1 amide bonds. The summed E-state index contributed by atoms with van der Waals surface area (Å²) in [6.07, 6.45) is 0.850. The van der Waals surface area contributed by atoms with E-state index in [0.29, 0.717) is 45.0 Å². The molecule has 0 fully saturated rings. The molecule has 220 valence electrons. The first-order chi connectivity index (χ1) is 20.5. The van der Waals surface area contributed by atoms with Gasteiger partial charge < -0.3 is 20.9 Å². The number of nitrogens with two attached hydrogens (primary N) is 1. The lowest BCUT2D eigenvalue weighted by Crippen LogP contribution is -2.42. The molecule has 0 saturated carbocycles. The first-order valence-corrected chi connectivity index (χ1v) is 15.0. The number of nitrogens with zero attached hydrogens (tertiary/aromatic N) is 4. The fraction of sp³-hybridized carbons (Fsp3) is 0.267. The Kier molecular flexibility index (Phi) is 8.25. The fourth-order valence-electron chi connectivity index (χ4n) is 5.25. The quantitative estimate of drug-likeness (QED) is 0.294. The van der Waals surface area contributed by atoms with Gasteiger partial charge in [-0.2, -0.15) is 5.26 Å². The monoisotopic (exact) mass is 616 g/mol. The minimum absolute atomic E-state index is 0.0292. The van der Waals surface area contributed by atoms with Crippen LogP contribution in [0.5, 0.6) is 5.75 Å². The largest absolute Gasteiger partial charge is 0.497 e. The van der Waals surface area contributed by atoms with Gasteiger partial charge in [0.15, 0.2) is 10.1 Å². The number of rotatable bonds is 8. The van der Waals surface area contributed by atoms with Crippen LogP contribution in [0.15, 0.2) is 75.5 Å². The molecule has 2 aromatic carbocycles. The van der Waals surface area contributed by atoms with Gasteiger partial charge in [-0.1, -0.05) is 49.1 Å². The maximum Gasteiger partial charge on any atom is 0.335 e. The smallest absolute Gasteiger partial charge is 0.335 e. The maximum absolute atomic E-state index is 13.7. The van der Waals surface area contributed by atoms with Crippen LogP contribution in [0.4, 0.5) is 10.8 Å². The first kappa shape index (κ1) is 29.8. The Bertz CT molecular complexity index is 1720. The fourth-order valence-corrected chi connectivity index (χ4v) is 6.93. The Morgan fingerprint density at radius 2 is 1.98 bits per heavy atom. The predicted octanol–water partition coefficient (Wildman–Crippen LogP) is 4.92. The van der Waals surface area contributed by atoms with E-state index in [1.54, 1.807) is 18.1 Å². The SMILES string of the molecule is COc1cccc(C2C(C#N)=C(N)N(c3nnc(SCC(=O)Nc4ccc(C(=O)O)cc4)s3)C3=C2C(=O)CC(C)(C)C3)c1. The average molecular weight is 617 g/mol. The Hall–Kier alpha value is -4.67. The molecular formula is C30H28N6O5S2. The van der Waals surface area contributed by atoms with Crippen molar-refractivity contribution in [3.63, 3.8) is 0 Å². The van der Waals surface area contributed by atoms with Crippen molar-refractivity contribution in [2.24, 2.45) is 11.1 Å². The number of hydrogen-bond acceptors (Lipinski definition) is 11. The van der Waals surface area contributed by atoms with E-state index in [2.05, 4.69) is 21.6 Å². The molecule has 5 rings (SSSR count). The summed E-state index contributed by atoms with van der Waals surface area (Å²) in [6, 6.07) is 15.4. The molecule has 0 spiro atoms. The number of carbonyl (C=O) groups excluding carboxylic acids is 2. The van der Waals surface area contributed by atoms with Gasteiger partial charge in [0.05, 0.1) is 36.0 Å². The molecule has 13 heteroatoms. The highest BCUT2D eigenvalue weighted by molar-refractivity contribution is 8.01. The third-order valence-electron chi connectivity index (χ3n) is 7.14. The van der Waals surface area contributed by atoms with E-state index in [9.17, 15) is 19.6 Å². The average Bonchev–Trinajstić information content (AvgIpc) is 3.43. The van der Waals surface area contributed by atoms with Crippen LogP contribution in [0.1, 0.15) is 48.5 Å². The zero-order valence-corrected chi connectivity index (χ0v) is 25.2. The Morgan fingerprint density at radius 3 is 2.65 bits per heavy atom. The van der Waals surface area contributed by atoms with E-state index in [1.165, 1.54) is 47.4 Å². The highest BCUT2D eigenvalue weighted by Crippen LogP contribution is 2.51. The molecule has 0 radical (unpaired) electrons. The Balaban J connectivity index is 1.43. The van der Waals surface area contributed by atoms with Crippen LogP contribution in [0, 0.1) is 16.7 Å². The lowest BCUT2D eigenvalue weighted by molar-refractivity contribution is -0.118. The molecular weight excluding hydrogens is 589 g/mol. The number of allylic oxidation sites excluding steroid dienone is 3. The zero-order chi connectivity index (χ0) is 30.9. The molecule has 4 N–H and O–H groups in total. The van der Waals surface area contributed by atoms with Gasteiger partial charge in [0.25, 0.3) is 0 Å². The van der Waals surface area contributed by atoms with E-state index >= 15 is 0 Å². The molecule has 3 aromatic rings. The number of Topliss-reactive ketones (excluding diaryl/α,β-unsaturated/α-hetero) is 1. The van der Waals surface area contributed by atoms with Gasteiger partial charge >= 0.3 is 5.97 Å². The zero-order valence-electron chi connectivity index (χ0n) is 23.6. The lowest BCUT2D eigenvalue weighted by Gasteiger charge is -2.42. The number of carbonyl (C=O) groups is 3. The molecule has 1 atom stereocenters. The van der Waals surface area contributed by atoms with E-state index in [4.69, 9.17) is 15.6 Å². The van der Waals surface area contributed by atoms with E-state index < -0.39 is 11.9 Å². The van der Waals surface area contributed by atoms with Crippen molar-refractivity contribution >= 4 is 51.6 Å². The number of nitrogens with one attached hydrogen (secondary N) is 1. The molecule has 2 heterocycles. The second-order valence-corrected chi connectivity index (χ2v) is 13.0. The summed E-state index contributed by atoms with van der Waals surface area (Å²) in [7, 11) is 1.56. The summed E-state index contributed by atoms with van der Waals surface area (Å²) in [6.45, 7) is 4.03. The van der Waals surface area contributed by atoms with E-state index in [0.717, 1.165) is 5.56 Å². The van der Waals surface area contributed by atoms with Gasteiger partial charge in [0, 0.05) is 23.4 Å². The molecule has 11 nitrogen and oxygen atoms in total. The Labute approximate surface area is 256 Å². The highest BCUT2D eigenvalue weighted by atomic mass is 32.2. The van der Waals surface area contributed by atoms with Crippen molar-refractivity contribution in [3.8, 4) is 11.8 Å². The number of carboxylic acids is 1. The van der Waals surface area contributed by atoms with Crippen molar-refractivity contribution in [1.82, 2.24) is 10.2 Å². The van der Waals surface area contributed by atoms with Gasteiger partial charge in [0.2, 0.25) is 11.0 Å². The number of ether oxygens (including phenoxy) is 1. The molecule has 2 aliphatic rings. The molecule has 1 unspecified atom stereocenters. The number of anilines is 2. The summed E-state index contributed by atoms with van der Waals surface area (Å²) < 4.78 is 5.90. The van der Waals surface area contributed by atoms with E-state index in [1.807, 2.05) is 32.0 Å². The number of amides is 1. The Morgan fingerprint density at radius 1 is 1.23 bits per heavy atom. The molecule has 1 aromatic heterocycles. The third-order valence-corrected chi connectivity index (χ3v) is 9.18. The number of methoxy groups -OCH3 is 1. The van der Waals surface area contributed by atoms with Gasteiger partial charge in [-0.3, -0.25) is 14.5 Å². The summed E-state index contributed by atoms with van der Waals surface area (Å²) >= 11 is 2.37.